The Balaban J connectivity index is 2.80. The van der Waals surface area contributed by atoms with Crippen LogP contribution in [0.15, 0.2) is 0 Å². The van der Waals surface area contributed by atoms with Gasteiger partial charge in [-0.1, -0.05) is 0 Å². The van der Waals surface area contributed by atoms with E-state index in [0.29, 0.717) is 0 Å². The first-order chi connectivity index (χ1) is 1.73. The lowest BCUT2D eigenvalue weighted by molar-refractivity contribution is 0.641. The molecule has 0 amide bonds. The number of hydrogen-bond acceptors (Lipinski definition) is 0. The fourth-order valence-electron chi connectivity index (χ4n) is 0. The van der Waals surface area contributed by atoms with Crippen LogP contribution in [0.1, 0.15) is 0 Å². The lowest BCUT2D eigenvalue weighted by atomic mass is 11.7. The summed E-state index contributed by atoms with van der Waals surface area (Å²) in [5, 5.41) is 0. The summed E-state index contributed by atoms with van der Waals surface area (Å²) < 4.78 is 20.3. The molecule has 22 valence electrons. The van der Waals surface area contributed by atoms with E-state index in [1.165, 1.54) is 0 Å². The van der Waals surface area contributed by atoms with Crippen LogP contribution in [-0.2, 0) is 0 Å². The zero-order chi connectivity index (χ0) is 3.58. The van der Waals surface area contributed by atoms with Crippen LogP contribution in [0.4, 0.5) is 8.78 Å². The summed E-state index contributed by atoms with van der Waals surface area (Å²) in [7, 11) is 1.90. The van der Waals surface area contributed by atoms with Crippen molar-refractivity contribution in [3.05, 3.63) is 0 Å². The molecule has 0 aromatic carbocycles. The number of halogens is 2. The van der Waals surface area contributed by atoms with Gasteiger partial charge in [0.1, 0.15) is 9.85 Å². The van der Waals surface area contributed by atoms with Crippen molar-refractivity contribution >= 4 is 15.5 Å². The molecule has 0 aliphatic rings. The minimum Gasteiger partial charge on any atom is -0.181 e. The first kappa shape index (κ1) is 3.95. The Morgan fingerprint density at radius 2 is 1.50 bits per heavy atom. The second-order valence-electron chi connectivity index (χ2n) is 0.260. The van der Waals surface area contributed by atoms with Crippen LogP contribution in [0.3, 0.4) is 0 Å². The van der Waals surface area contributed by atoms with E-state index in [9.17, 15) is 8.78 Å². The van der Waals surface area contributed by atoms with Gasteiger partial charge in [0.2, 0.25) is 5.68 Å². The highest BCUT2D eigenvalue weighted by Gasteiger charge is 1.65. The van der Waals surface area contributed by atoms with Gasteiger partial charge in [0.05, 0.1) is 0 Å². The van der Waals surface area contributed by atoms with Crippen LogP contribution in [0.5, 0.6) is 0 Å². The average Bonchev–Trinajstić information content (AvgIpc) is 0.811. The van der Waals surface area contributed by atoms with Gasteiger partial charge in [-0.2, -0.15) is 8.78 Å². The van der Waals surface area contributed by atoms with Crippen LogP contribution in [0.25, 0.3) is 0 Å². The molecule has 2 radical (unpaired) electrons. The fraction of sp³-hybridized carbons (Fsp3) is 0. The molecule has 0 saturated carbocycles. The molecule has 0 atom stereocenters. The zero-order valence-electron chi connectivity index (χ0n) is 1.76. The van der Waals surface area contributed by atoms with Crippen LogP contribution >= 0.6 is 0 Å². The monoisotopic (exact) mass is 78.0 g/mol. The Morgan fingerprint density at radius 3 is 1.50 bits per heavy atom. The first-order valence-corrected chi connectivity index (χ1v) is 1.13. The number of hydrogen-bond donors (Lipinski definition) is 0. The predicted molar refractivity (Wildman–Crippen MR) is 13.0 cm³/mol. The molecular formula is CF2Si. The summed E-state index contributed by atoms with van der Waals surface area (Å²) >= 11 is 0. The van der Waals surface area contributed by atoms with Gasteiger partial charge in [0.15, 0.2) is 0 Å². The van der Waals surface area contributed by atoms with Gasteiger partial charge < -0.3 is 0 Å². The molecule has 0 rings (SSSR count). The number of rotatable bonds is 0. The van der Waals surface area contributed by atoms with Gasteiger partial charge in [-0.05, 0) is 0 Å². The van der Waals surface area contributed by atoms with Crippen LogP contribution < -0.4 is 0 Å². The van der Waals surface area contributed by atoms with Crippen LogP contribution in [-0.4, -0.2) is 15.5 Å². The fourth-order valence-corrected chi connectivity index (χ4v) is 0. The van der Waals surface area contributed by atoms with Crippen molar-refractivity contribution < 1.29 is 8.78 Å². The third kappa shape index (κ3) is 619. The van der Waals surface area contributed by atoms with Crippen LogP contribution in [0.2, 0.25) is 0 Å². The Labute approximate surface area is 25.5 Å². The third-order valence-corrected chi connectivity index (χ3v) is 0. The SMILES string of the molecule is FC(F)=[Si]. The van der Waals surface area contributed by atoms with E-state index in [2.05, 4.69) is 0 Å². The lowest BCUT2D eigenvalue weighted by Crippen LogP contribution is -1.64. The summed E-state index contributed by atoms with van der Waals surface area (Å²) in [6.45, 7) is 0. The largest absolute Gasteiger partial charge is 0.235 e. The Bertz CT molecular complexity index is 29.0. The van der Waals surface area contributed by atoms with E-state index in [1.807, 2.05) is 9.85 Å². The summed E-state index contributed by atoms with van der Waals surface area (Å²) in [4.78, 5) is 0. The van der Waals surface area contributed by atoms with Gasteiger partial charge in [-0.15, -0.1) is 0 Å². The Morgan fingerprint density at radius 1 is 1.50 bits per heavy atom. The third-order valence-electron chi connectivity index (χ3n) is 0. The standard InChI is InChI=1S/CF2Si/c2-1(3)4. The molecule has 0 fully saturated rings. The smallest absolute Gasteiger partial charge is 0.181 e. The molecule has 0 heterocycles. The van der Waals surface area contributed by atoms with Crippen molar-refractivity contribution in [2.75, 3.05) is 0 Å². The molecule has 0 aliphatic heterocycles. The molecule has 0 unspecified atom stereocenters. The minimum atomic E-state index is -1.78. The molecule has 0 spiro atoms. The van der Waals surface area contributed by atoms with Crippen molar-refractivity contribution in [2.24, 2.45) is 0 Å². The quantitative estimate of drug-likeness (QED) is 0.362. The maximum atomic E-state index is 10.2. The average molecular weight is 78.1 g/mol. The van der Waals surface area contributed by atoms with Crippen molar-refractivity contribution in [3.63, 3.8) is 0 Å². The Kier molecular flexibility index (Phi) is 1.27. The van der Waals surface area contributed by atoms with E-state index in [0.717, 1.165) is 0 Å². The highest BCUT2D eigenvalue weighted by Crippen LogP contribution is 1.63. The van der Waals surface area contributed by atoms with Gasteiger partial charge in [-0.3, -0.25) is 0 Å². The molecule has 0 N–H and O–H groups in total. The summed E-state index contributed by atoms with van der Waals surface area (Å²) in [6, 6.07) is 0. The lowest BCUT2D eigenvalue weighted by Gasteiger charge is -1.54. The molecule has 0 aromatic heterocycles. The molecular weight excluding hydrogens is 78.1 g/mol. The van der Waals surface area contributed by atoms with Crippen molar-refractivity contribution in [1.82, 2.24) is 0 Å². The van der Waals surface area contributed by atoms with Crippen LogP contribution in [0, 0.1) is 0 Å². The molecule has 4 heavy (non-hydrogen) atoms. The van der Waals surface area contributed by atoms with Crippen molar-refractivity contribution in [2.45, 2.75) is 0 Å². The molecule has 3 heteroatoms. The van der Waals surface area contributed by atoms with Gasteiger partial charge >= 0.3 is 0 Å². The second kappa shape index (κ2) is 1.29. The van der Waals surface area contributed by atoms with Gasteiger partial charge in [0.25, 0.3) is 0 Å². The second-order valence-corrected chi connectivity index (χ2v) is 0.638. The van der Waals surface area contributed by atoms with E-state index in [1.54, 1.807) is 0 Å². The van der Waals surface area contributed by atoms with E-state index < -0.39 is 5.68 Å². The van der Waals surface area contributed by atoms with E-state index in [4.69, 9.17) is 0 Å². The topological polar surface area (TPSA) is 0 Å². The normalized spacial score (nSPS) is 6.50. The summed E-state index contributed by atoms with van der Waals surface area (Å²) in [6.07, 6.45) is 0. The maximum absolute atomic E-state index is 10.2. The van der Waals surface area contributed by atoms with E-state index >= 15 is 0 Å². The summed E-state index contributed by atoms with van der Waals surface area (Å²) in [5.41, 5.74) is -1.78. The Hall–Kier alpha value is -0.0531. The first-order valence-electron chi connectivity index (χ1n) is 0.628. The molecule has 0 aliphatic carbocycles. The minimum absolute atomic E-state index is 1.78. The highest BCUT2D eigenvalue weighted by molar-refractivity contribution is 6.30. The molecule has 0 saturated heterocycles. The van der Waals surface area contributed by atoms with Gasteiger partial charge in [-0.25, -0.2) is 0 Å². The van der Waals surface area contributed by atoms with E-state index in [-0.39, 0.29) is 0 Å². The van der Waals surface area contributed by atoms with Crippen molar-refractivity contribution in [3.8, 4) is 0 Å². The van der Waals surface area contributed by atoms with Crippen molar-refractivity contribution in [1.29, 1.82) is 0 Å². The molecule has 0 aromatic rings. The molecule has 0 nitrogen and oxygen atoms in total. The van der Waals surface area contributed by atoms with Gasteiger partial charge in [0, 0.05) is 0 Å². The maximum Gasteiger partial charge on any atom is 0.235 e. The predicted octanol–water partition coefficient (Wildman–Crippen LogP) is 0.181. The summed E-state index contributed by atoms with van der Waals surface area (Å²) in [5.74, 6) is 0. The molecule has 0 bridgehead atoms. The highest BCUT2D eigenvalue weighted by atomic mass is 28.1. The zero-order valence-corrected chi connectivity index (χ0v) is 2.76.